The van der Waals surface area contributed by atoms with Crippen LogP contribution in [-0.2, 0) is 4.79 Å². The predicted molar refractivity (Wildman–Crippen MR) is 90.7 cm³/mol. The number of aromatic amines is 1. The molecule has 2 heterocycles. The molecule has 2 amide bonds. The van der Waals surface area contributed by atoms with Crippen LogP contribution in [0.15, 0.2) is 35.1 Å². The van der Waals surface area contributed by atoms with Gasteiger partial charge >= 0.3 is 0 Å². The van der Waals surface area contributed by atoms with Gasteiger partial charge in [-0.25, -0.2) is 0 Å². The van der Waals surface area contributed by atoms with Crippen LogP contribution in [0.1, 0.15) is 23.8 Å². The lowest BCUT2D eigenvalue weighted by Crippen LogP contribution is -2.46. The molecule has 0 bridgehead atoms. The van der Waals surface area contributed by atoms with Gasteiger partial charge < -0.3 is 20.9 Å². The molecule has 0 spiro atoms. The molecule has 0 unspecified atom stereocenters. The number of likely N-dealkylation sites (tertiary alicyclic amines) is 1. The number of pyridine rings is 1. The van der Waals surface area contributed by atoms with Crippen LogP contribution in [0.3, 0.4) is 0 Å². The topological polar surface area (TPSA) is 108 Å². The van der Waals surface area contributed by atoms with Crippen molar-refractivity contribution in [2.75, 3.05) is 13.1 Å². The summed E-state index contributed by atoms with van der Waals surface area (Å²) in [6.07, 6.45) is 0.412. The van der Waals surface area contributed by atoms with E-state index in [0.717, 1.165) is 0 Å². The lowest BCUT2D eigenvalue weighted by molar-refractivity contribution is -0.124. The minimum atomic E-state index is -0.609. The highest BCUT2D eigenvalue weighted by Crippen LogP contribution is 2.20. The highest BCUT2D eigenvalue weighted by molar-refractivity contribution is 5.98. The standard InChI is InChI=1S/C17H20N4O3/c1-2-19-16(23)14-7-10(18)9-21(14)17(24)13-8-15(22)11-5-3-4-6-12(11)20-13/h3-6,8,10,14H,2,7,9,18H2,1H3,(H,19,23)(H,20,22)/t10-,14-/m0/s1. The summed E-state index contributed by atoms with van der Waals surface area (Å²) in [7, 11) is 0. The average Bonchev–Trinajstić information content (AvgIpc) is 2.96. The van der Waals surface area contributed by atoms with Crippen LogP contribution in [0, 0.1) is 0 Å². The fourth-order valence-corrected chi connectivity index (χ4v) is 3.10. The Morgan fingerprint density at radius 1 is 1.38 bits per heavy atom. The second-order valence-corrected chi connectivity index (χ2v) is 5.96. The summed E-state index contributed by atoms with van der Waals surface area (Å²) in [5, 5.41) is 3.25. The molecule has 1 aliphatic rings. The van der Waals surface area contributed by atoms with Gasteiger partial charge in [0.25, 0.3) is 5.91 Å². The van der Waals surface area contributed by atoms with Gasteiger partial charge in [-0.05, 0) is 25.5 Å². The lowest BCUT2D eigenvalue weighted by Gasteiger charge is -2.23. The van der Waals surface area contributed by atoms with Crippen molar-refractivity contribution in [1.29, 1.82) is 0 Å². The molecule has 126 valence electrons. The maximum atomic E-state index is 12.8. The van der Waals surface area contributed by atoms with Gasteiger partial charge in [0, 0.05) is 36.1 Å². The van der Waals surface area contributed by atoms with Crippen LogP contribution in [0.2, 0.25) is 0 Å². The summed E-state index contributed by atoms with van der Waals surface area (Å²) in [5.74, 6) is -0.607. The van der Waals surface area contributed by atoms with E-state index in [0.29, 0.717) is 23.9 Å². The molecule has 7 nitrogen and oxygen atoms in total. The van der Waals surface area contributed by atoms with Crippen LogP contribution < -0.4 is 16.5 Å². The Labute approximate surface area is 138 Å². The summed E-state index contributed by atoms with van der Waals surface area (Å²) in [5.41, 5.74) is 6.47. The fraction of sp³-hybridized carbons (Fsp3) is 0.353. The lowest BCUT2D eigenvalue weighted by atomic mass is 10.1. The molecule has 0 aliphatic carbocycles. The van der Waals surface area contributed by atoms with E-state index >= 15 is 0 Å². The number of fused-ring (bicyclic) bond motifs is 1. The van der Waals surface area contributed by atoms with Gasteiger partial charge in [-0.3, -0.25) is 14.4 Å². The molecule has 1 saturated heterocycles. The van der Waals surface area contributed by atoms with E-state index in [2.05, 4.69) is 10.3 Å². The molecular formula is C17H20N4O3. The summed E-state index contributed by atoms with van der Waals surface area (Å²) < 4.78 is 0. The van der Waals surface area contributed by atoms with Crippen LogP contribution in [0.4, 0.5) is 0 Å². The Balaban J connectivity index is 1.95. The number of benzene rings is 1. The average molecular weight is 328 g/mol. The minimum Gasteiger partial charge on any atom is -0.355 e. The number of carbonyl (C=O) groups is 2. The second kappa shape index (κ2) is 6.45. The number of aromatic nitrogens is 1. The van der Waals surface area contributed by atoms with E-state index < -0.39 is 6.04 Å². The van der Waals surface area contributed by atoms with E-state index in [-0.39, 0.29) is 35.5 Å². The highest BCUT2D eigenvalue weighted by Gasteiger charge is 2.38. The van der Waals surface area contributed by atoms with Gasteiger partial charge in [0.2, 0.25) is 5.91 Å². The number of nitrogens with two attached hydrogens (primary N) is 1. The zero-order valence-corrected chi connectivity index (χ0v) is 13.4. The van der Waals surface area contributed by atoms with Crippen LogP contribution in [-0.4, -0.2) is 46.9 Å². The number of hydrogen-bond acceptors (Lipinski definition) is 4. The Hall–Kier alpha value is -2.67. The minimum absolute atomic E-state index is 0.169. The zero-order chi connectivity index (χ0) is 17.3. The van der Waals surface area contributed by atoms with Gasteiger partial charge in [0.1, 0.15) is 11.7 Å². The molecule has 4 N–H and O–H groups in total. The van der Waals surface area contributed by atoms with E-state index in [1.165, 1.54) is 11.0 Å². The predicted octanol–water partition coefficient (Wildman–Crippen LogP) is 0.206. The van der Waals surface area contributed by atoms with Crippen molar-refractivity contribution in [3.05, 3.63) is 46.2 Å². The largest absolute Gasteiger partial charge is 0.355 e. The van der Waals surface area contributed by atoms with Crippen LogP contribution in [0.25, 0.3) is 10.9 Å². The summed E-state index contributed by atoms with van der Waals surface area (Å²) >= 11 is 0. The van der Waals surface area contributed by atoms with Gasteiger partial charge in [0.05, 0.1) is 0 Å². The third kappa shape index (κ3) is 2.90. The first kappa shape index (κ1) is 16.2. The number of nitrogens with one attached hydrogen (secondary N) is 2. The van der Waals surface area contributed by atoms with E-state index in [9.17, 15) is 14.4 Å². The molecule has 24 heavy (non-hydrogen) atoms. The van der Waals surface area contributed by atoms with Crippen molar-refractivity contribution >= 4 is 22.7 Å². The SMILES string of the molecule is CCNC(=O)[C@@H]1C[C@H](N)CN1C(=O)c1cc(=O)c2ccccc2[nH]1. The third-order valence-electron chi connectivity index (χ3n) is 4.22. The molecule has 0 saturated carbocycles. The van der Waals surface area contributed by atoms with Crippen LogP contribution >= 0.6 is 0 Å². The number of likely N-dealkylation sites (N-methyl/N-ethyl adjacent to an activating group) is 1. The van der Waals surface area contributed by atoms with Gasteiger partial charge in [-0.15, -0.1) is 0 Å². The number of nitrogens with zero attached hydrogens (tertiary/aromatic N) is 1. The Bertz CT molecular complexity index is 845. The summed E-state index contributed by atoms with van der Waals surface area (Å²) in [6.45, 7) is 2.59. The molecule has 2 aromatic rings. The number of rotatable bonds is 3. The number of para-hydroxylation sites is 1. The number of carbonyl (C=O) groups excluding carboxylic acids is 2. The fourth-order valence-electron chi connectivity index (χ4n) is 3.10. The maximum Gasteiger partial charge on any atom is 0.271 e. The number of H-pyrrole nitrogens is 1. The second-order valence-electron chi connectivity index (χ2n) is 5.96. The highest BCUT2D eigenvalue weighted by atomic mass is 16.2. The first-order chi connectivity index (χ1) is 11.5. The number of amides is 2. The first-order valence-corrected chi connectivity index (χ1v) is 7.97. The van der Waals surface area contributed by atoms with Crippen molar-refractivity contribution in [2.45, 2.75) is 25.4 Å². The first-order valence-electron chi connectivity index (χ1n) is 7.97. The zero-order valence-electron chi connectivity index (χ0n) is 13.4. The smallest absolute Gasteiger partial charge is 0.271 e. The molecule has 1 aromatic heterocycles. The quantitative estimate of drug-likeness (QED) is 0.748. The van der Waals surface area contributed by atoms with Gasteiger partial charge in [-0.1, -0.05) is 12.1 Å². The van der Waals surface area contributed by atoms with E-state index in [4.69, 9.17) is 5.73 Å². The molecule has 1 aromatic carbocycles. The molecule has 2 atom stereocenters. The Morgan fingerprint density at radius 2 is 2.12 bits per heavy atom. The van der Waals surface area contributed by atoms with Crippen molar-refractivity contribution in [3.63, 3.8) is 0 Å². The van der Waals surface area contributed by atoms with Crippen molar-refractivity contribution in [1.82, 2.24) is 15.2 Å². The summed E-state index contributed by atoms with van der Waals surface area (Å²) in [4.78, 5) is 41.6. The molecule has 3 rings (SSSR count). The summed E-state index contributed by atoms with van der Waals surface area (Å²) in [6, 6.07) is 7.41. The normalized spacial score (nSPS) is 20.3. The van der Waals surface area contributed by atoms with Gasteiger partial charge in [-0.2, -0.15) is 0 Å². The van der Waals surface area contributed by atoms with Crippen molar-refractivity contribution in [2.24, 2.45) is 5.73 Å². The van der Waals surface area contributed by atoms with E-state index in [1.54, 1.807) is 24.3 Å². The maximum absolute atomic E-state index is 12.8. The Morgan fingerprint density at radius 3 is 2.88 bits per heavy atom. The number of hydrogen-bond donors (Lipinski definition) is 3. The van der Waals surface area contributed by atoms with E-state index in [1.807, 2.05) is 6.92 Å². The van der Waals surface area contributed by atoms with Crippen LogP contribution in [0.5, 0.6) is 0 Å². The molecular weight excluding hydrogens is 308 g/mol. The molecule has 7 heteroatoms. The monoisotopic (exact) mass is 328 g/mol. The van der Waals surface area contributed by atoms with Crippen molar-refractivity contribution in [3.8, 4) is 0 Å². The Kier molecular flexibility index (Phi) is 4.35. The molecule has 0 radical (unpaired) electrons. The van der Waals surface area contributed by atoms with Gasteiger partial charge in [0.15, 0.2) is 5.43 Å². The molecule has 1 fully saturated rings. The third-order valence-corrected chi connectivity index (χ3v) is 4.22. The molecule has 1 aliphatic heterocycles. The van der Waals surface area contributed by atoms with Crippen molar-refractivity contribution < 1.29 is 9.59 Å².